The summed E-state index contributed by atoms with van der Waals surface area (Å²) in [6, 6.07) is 0. The molecule has 4 fully saturated rings. The molecule has 5 aliphatic rings. The van der Waals surface area contributed by atoms with Gasteiger partial charge in [0.2, 0.25) is 0 Å². The van der Waals surface area contributed by atoms with Gasteiger partial charge < -0.3 is 15.3 Å². The number of aliphatic hydroxyl groups is 2. The molecule has 0 amide bonds. The Bertz CT molecular complexity index is 932. The molecule has 0 bridgehead atoms. The van der Waals surface area contributed by atoms with Crippen molar-refractivity contribution in [2.75, 3.05) is 0 Å². The van der Waals surface area contributed by atoms with Gasteiger partial charge in [-0.05, 0) is 103 Å². The van der Waals surface area contributed by atoms with Crippen LogP contribution in [0.15, 0.2) is 11.1 Å². The smallest absolute Gasteiger partial charge is 0.316 e. The lowest BCUT2D eigenvalue weighted by molar-refractivity contribution is -0.211. The zero-order chi connectivity index (χ0) is 25.1. The second-order valence-electron chi connectivity index (χ2n) is 15.1. The fourth-order valence-electron chi connectivity index (χ4n) is 10.7. The molecule has 34 heavy (non-hydrogen) atoms. The largest absolute Gasteiger partial charge is 0.481 e. The summed E-state index contributed by atoms with van der Waals surface area (Å²) < 4.78 is 0. The normalized spacial score (nSPS) is 51.6. The Balaban J connectivity index is 1.65. The van der Waals surface area contributed by atoms with Gasteiger partial charge in [0.1, 0.15) is 5.41 Å². The molecule has 0 aromatic rings. The number of aliphatic carboxylic acids is 1. The van der Waals surface area contributed by atoms with Gasteiger partial charge in [-0.25, -0.2) is 0 Å². The number of fused-ring (bicyclic) bond motifs is 6. The number of carbonyl (C=O) groups is 1. The van der Waals surface area contributed by atoms with E-state index >= 15 is 0 Å². The third kappa shape index (κ3) is 2.82. The van der Waals surface area contributed by atoms with Crippen molar-refractivity contribution in [2.45, 2.75) is 125 Å². The van der Waals surface area contributed by atoms with E-state index in [1.165, 1.54) is 5.57 Å². The van der Waals surface area contributed by atoms with Crippen LogP contribution in [0.5, 0.6) is 0 Å². The topological polar surface area (TPSA) is 77.8 Å². The third-order valence-electron chi connectivity index (χ3n) is 12.9. The van der Waals surface area contributed by atoms with Crippen LogP contribution in [0, 0.1) is 44.3 Å². The number of hydrogen-bond acceptors (Lipinski definition) is 3. The highest BCUT2D eigenvalue weighted by Gasteiger charge is 2.69. The van der Waals surface area contributed by atoms with Crippen LogP contribution in [0.3, 0.4) is 0 Å². The minimum Gasteiger partial charge on any atom is -0.481 e. The van der Waals surface area contributed by atoms with Crippen molar-refractivity contribution in [1.82, 2.24) is 0 Å². The lowest BCUT2D eigenvalue weighted by Crippen LogP contribution is -2.65. The molecule has 0 radical (unpaired) electrons. The monoisotopic (exact) mass is 472 g/mol. The summed E-state index contributed by atoms with van der Waals surface area (Å²) in [5, 5.41) is 33.1. The average molecular weight is 473 g/mol. The maximum atomic E-state index is 12.8. The molecule has 0 heterocycles. The Hall–Kier alpha value is -0.870. The molecule has 4 nitrogen and oxygen atoms in total. The van der Waals surface area contributed by atoms with Gasteiger partial charge >= 0.3 is 5.97 Å². The van der Waals surface area contributed by atoms with Crippen LogP contribution in [0.4, 0.5) is 0 Å². The van der Waals surface area contributed by atoms with Gasteiger partial charge in [0.25, 0.3) is 0 Å². The highest BCUT2D eigenvalue weighted by molar-refractivity contribution is 5.81. The highest BCUT2D eigenvalue weighted by Crippen LogP contribution is 2.75. The van der Waals surface area contributed by atoms with Crippen LogP contribution >= 0.6 is 0 Å². The fourth-order valence-corrected chi connectivity index (χ4v) is 10.7. The molecule has 0 aromatic carbocycles. The first-order valence-corrected chi connectivity index (χ1v) is 13.9. The summed E-state index contributed by atoms with van der Waals surface area (Å²) >= 11 is 0. The lowest BCUT2D eigenvalue weighted by Gasteiger charge is -2.71. The zero-order valence-corrected chi connectivity index (χ0v) is 22.6. The highest BCUT2D eigenvalue weighted by atomic mass is 16.4. The van der Waals surface area contributed by atoms with Gasteiger partial charge in [-0.3, -0.25) is 4.79 Å². The molecule has 4 heteroatoms. The van der Waals surface area contributed by atoms with E-state index in [1.807, 2.05) is 0 Å². The average Bonchev–Trinajstić information content (AvgIpc) is 2.71. The number of carboxylic acids is 1. The van der Waals surface area contributed by atoms with E-state index in [0.29, 0.717) is 24.7 Å². The maximum absolute atomic E-state index is 12.8. The summed E-state index contributed by atoms with van der Waals surface area (Å²) in [7, 11) is 0. The maximum Gasteiger partial charge on any atom is 0.316 e. The van der Waals surface area contributed by atoms with Gasteiger partial charge in [0, 0.05) is 0 Å². The Morgan fingerprint density at radius 1 is 0.794 bits per heavy atom. The Labute approximate surface area is 206 Å². The number of rotatable bonds is 1. The Morgan fingerprint density at radius 2 is 1.47 bits per heavy atom. The molecule has 0 aliphatic heterocycles. The Morgan fingerprint density at radius 3 is 2.12 bits per heavy atom. The van der Waals surface area contributed by atoms with E-state index in [-0.39, 0.29) is 33.2 Å². The second kappa shape index (κ2) is 7.12. The van der Waals surface area contributed by atoms with E-state index in [2.05, 4.69) is 48.5 Å². The van der Waals surface area contributed by atoms with E-state index in [4.69, 9.17) is 0 Å². The van der Waals surface area contributed by atoms with Crippen molar-refractivity contribution in [3.05, 3.63) is 11.1 Å². The fraction of sp³-hybridized carbons (Fsp3) is 0.900. The number of allylic oxidation sites excluding steroid dienone is 1. The van der Waals surface area contributed by atoms with Gasteiger partial charge in [0.15, 0.2) is 0 Å². The molecule has 8 atom stereocenters. The first-order chi connectivity index (χ1) is 15.6. The predicted octanol–water partition coefficient (Wildman–Crippen LogP) is 6.35. The van der Waals surface area contributed by atoms with E-state index in [1.54, 1.807) is 0 Å². The van der Waals surface area contributed by atoms with E-state index in [0.717, 1.165) is 56.9 Å². The molecular formula is C30H48O4. The molecule has 0 aromatic heterocycles. The summed E-state index contributed by atoms with van der Waals surface area (Å²) in [5.74, 6) is 0.215. The van der Waals surface area contributed by atoms with Gasteiger partial charge in [-0.15, -0.1) is 0 Å². The SMILES string of the molecule is CC1(C)CCC2(C(=O)O)C(=C3CCC4C5(C)CCC(O)C(C)(C)C5CCC4(C)C3(C)CC2O)C1. The standard InChI is InChI=1S/C30H48O4/c1-25(2)14-15-30(24(33)34)19(16-25)18-8-9-21-27(5)12-11-22(31)26(3,4)20(27)10-13-28(21,6)29(18,7)17-23(30)32/h20-23,31-32H,8-17H2,1-7H3,(H,33,34). The molecule has 4 saturated carbocycles. The van der Waals surface area contributed by atoms with Crippen LogP contribution in [-0.4, -0.2) is 33.5 Å². The van der Waals surface area contributed by atoms with Crippen LogP contribution in [0.25, 0.3) is 0 Å². The molecule has 0 saturated heterocycles. The minimum atomic E-state index is -1.09. The number of aliphatic hydroxyl groups excluding tert-OH is 2. The van der Waals surface area contributed by atoms with Gasteiger partial charge in [0.05, 0.1) is 12.2 Å². The molecule has 0 spiro atoms. The van der Waals surface area contributed by atoms with E-state index in [9.17, 15) is 20.1 Å². The number of hydrogen-bond donors (Lipinski definition) is 3. The molecule has 5 aliphatic carbocycles. The van der Waals surface area contributed by atoms with Crippen LogP contribution in [0.1, 0.15) is 113 Å². The predicted molar refractivity (Wildman–Crippen MR) is 134 cm³/mol. The van der Waals surface area contributed by atoms with Crippen molar-refractivity contribution >= 4 is 5.97 Å². The summed E-state index contributed by atoms with van der Waals surface area (Å²) in [6.07, 6.45) is 7.92. The summed E-state index contributed by atoms with van der Waals surface area (Å²) in [5.41, 5.74) is 1.41. The first kappa shape index (κ1) is 24.8. The molecule has 192 valence electrons. The van der Waals surface area contributed by atoms with Crippen molar-refractivity contribution < 1.29 is 20.1 Å². The van der Waals surface area contributed by atoms with E-state index < -0.39 is 17.5 Å². The first-order valence-electron chi connectivity index (χ1n) is 13.9. The Kier molecular flexibility index (Phi) is 5.20. The quantitative estimate of drug-likeness (QED) is 0.389. The zero-order valence-electron chi connectivity index (χ0n) is 22.6. The third-order valence-corrected chi connectivity index (χ3v) is 12.9. The molecule has 8 unspecified atom stereocenters. The van der Waals surface area contributed by atoms with Gasteiger partial charge in [-0.2, -0.15) is 0 Å². The number of carboxylic acid groups (broad SMARTS) is 1. The second-order valence-corrected chi connectivity index (χ2v) is 15.1. The minimum absolute atomic E-state index is 0.0322. The summed E-state index contributed by atoms with van der Waals surface area (Å²) in [4.78, 5) is 12.8. The summed E-state index contributed by atoms with van der Waals surface area (Å²) in [6.45, 7) is 16.4. The van der Waals surface area contributed by atoms with Crippen molar-refractivity contribution in [3.8, 4) is 0 Å². The van der Waals surface area contributed by atoms with Crippen molar-refractivity contribution in [1.29, 1.82) is 0 Å². The van der Waals surface area contributed by atoms with Crippen molar-refractivity contribution in [3.63, 3.8) is 0 Å². The van der Waals surface area contributed by atoms with Crippen LogP contribution < -0.4 is 0 Å². The molecule has 5 rings (SSSR count). The van der Waals surface area contributed by atoms with Crippen molar-refractivity contribution in [2.24, 2.45) is 44.3 Å². The van der Waals surface area contributed by atoms with Crippen LogP contribution in [-0.2, 0) is 4.79 Å². The molecule has 3 N–H and O–H groups in total. The van der Waals surface area contributed by atoms with Crippen LogP contribution in [0.2, 0.25) is 0 Å². The molecular weight excluding hydrogens is 424 g/mol. The lowest BCUT2D eigenvalue weighted by atomic mass is 9.34. The van der Waals surface area contributed by atoms with Gasteiger partial charge in [-0.1, -0.05) is 59.6 Å².